The molecule has 0 fully saturated rings. The van der Waals surface area contributed by atoms with E-state index in [-0.39, 0.29) is 29.4 Å². The lowest BCUT2D eigenvalue weighted by molar-refractivity contribution is -0.118. The summed E-state index contributed by atoms with van der Waals surface area (Å²) in [6.45, 7) is 0. The van der Waals surface area contributed by atoms with Crippen molar-refractivity contribution in [2.45, 2.75) is 17.7 Å². The zero-order valence-corrected chi connectivity index (χ0v) is 16.3. The molecule has 0 aromatic heterocycles. The third-order valence-corrected chi connectivity index (χ3v) is 5.98. The Labute approximate surface area is 163 Å². The number of para-hydroxylation sites is 1. The van der Waals surface area contributed by atoms with E-state index < -0.39 is 15.9 Å². The van der Waals surface area contributed by atoms with Gasteiger partial charge in [-0.25, -0.2) is 17.7 Å². The number of hydrogen-bond donors (Lipinski definition) is 1. The van der Waals surface area contributed by atoms with Crippen molar-refractivity contribution in [3.05, 3.63) is 54.6 Å². The second kappa shape index (κ2) is 7.91. The molecule has 3 rings (SSSR count). The number of carbonyl (C=O) groups is 2. The van der Waals surface area contributed by atoms with Crippen molar-refractivity contribution in [3.63, 3.8) is 0 Å². The second-order valence-corrected chi connectivity index (χ2v) is 8.51. The Kier molecular flexibility index (Phi) is 5.57. The number of hydrogen-bond acceptors (Lipinski definition) is 5. The van der Waals surface area contributed by atoms with Crippen molar-refractivity contribution < 1.29 is 18.0 Å². The maximum absolute atomic E-state index is 12.6. The third-order valence-electron chi connectivity index (χ3n) is 4.17. The van der Waals surface area contributed by atoms with Gasteiger partial charge in [-0.1, -0.05) is 24.3 Å². The number of nitrogens with zero attached hydrogens (tertiary/aromatic N) is 3. The largest absolute Gasteiger partial charge is 0.321 e. The van der Waals surface area contributed by atoms with E-state index in [2.05, 4.69) is 10.4 Å². The van der Waals surface area contributed by atoms with E-state index in [9.17, 15) is 18.0 Å². The first kappa shape index (κ1) is 19.7. The van der Waals surface area contributed by atoms with Crippen LogP contribution >= 0.6 is 0 Å². The molecule has 1 heterocycles. The highest BCUT2D eigenvalue weighted by molar-refractivity contribution is 7.89. The molecule has 146 valence electrons. The number of sulfonamides is 1. The van der Waals surface area contributed by atoms with Crippen molar-refractivity contribution in [1.82, 2.24) is 4.31 Å². The van der Waals surface area contributed by atoms with Crippen LogP contribution in [-0.4, -0.2) is 44.3 Å². The number of rotatable bonds is 5. The molecular formula is C19H20N4O4S. The summed E-state index contributed by atoms with van der Waals surface area (Å²) in [6, 6.07) is 14.8. The van der Waals surface area contributed by atoms with Gasteiger partial charge in [-0.05, 0) is 30.3 Å². The smallest absolute Gasteiger partial charge is 0.271 e. The average Bonchev–Trinajstić information content (AvgIpc) is 2.69. The molecule has 0 radical (unpaired) electrons. The van der Waals surface area contributed by atoms with Gasteiger partial charge in [0.2, 0.25) is 15.9 Å². The molecule has 0 saturated heterocycles. The van der Waals surface area contributed by atoms with Gasteiger partial charge in [-0.15, -0.1) is 0 Å². The SMILES string of the molecule is CN(C)S(=O)(=O)c1cccc(NC(=O)C2=NN(c3ccccc3)C(=O)CC2)c1. The van der Waals surface area contributed by atoms with Gasteiger partial charge in [0.15, 0.2) is 0 Å². The van der Waals surface area contributed by atoms with Crippen LogP contribution in [0.1, 0.15) is 12.8 Å². The van der Waals surface area contributed by atoms with E-state index in [1.54, 1.807) is 36.4 Å². The molecule has 0 atom stereocenters. The fraction of sp³-hybridized carbons (Fsp3) is 0.211. The molecule has 0 saturated carbocycles. The molecule has 0 bridgehead atoms. The fourth-order valence-electron chi connectivity index (χ4n) is 2.64. The molecule has 1 N–H and O–H groups in total. The van der Waals surface area contributed by atoms with E-state index in [1.165, 1.54) is 31.2 Å². The first-order chi connectivity index (χ1) is 13.3. The quantitative estimate of drug-likeness (QED) is 0.830. The zero-order valence-electron chi connectivity index (χ0n) is 15.5. The van der Waals surface area contributed by atoms with Gasteiger partial charge >= 0.3 is 0 Å². The molecule has 2 amide bonds. The van der Waals surface area contributed by atoms with Crippen molar-refractivity contribution in [2.75, 3.05) is 24.4 Å². The van der Waals surface area contributed by atoms with Crippen molar-refractivity contribution in [1.29, 1.82) is 0 Å². The summed E-state index contributed by atoms with van der Waals surface area (Å²) in [4.78, 5) is 24.8. The molecule has 1 aliphatic rings. The van der Waals surface area contributed by atoms with Crippen LogP contribution in [-0.2, 0) is 19.6 Å². The summed E-state index contributed by atoms with van der Waals surface area (Å²) in [6.07, 6.45) is 0.375. The van der Waals surface area contributed by atoms with Crippen LogP contribution in [0.3, 0.4) is 0 Å². The maximum atomic E-state index is 12.6. The van der Waals surface area contributed by atoms with Crippen LogP contribution in [0.15, 0.2) is 64.6 Å². The third kappa shape index (κ3) is 4.10. The number of benzene rings is 2. The Morgan fingerprint density at radius 1 is 1.07 bits per heavy atom. The second-order valence-electron chi connectivity index (χ2n) is 6.36. The van der Waals surface area contributed by atoms with Crippen LogP contribution in [0.5, 0.6) is 0 Å². The summed E-state index contributed by atoms with van der Waals surface area (Å²) in [5.41, 5.74) is 1.11. The summed E-state index contributed by atoms with van der Waals surface area (Å²) in [5.74, 6) is -0.672. The van der Waals surface area contributed by atoms with E-state index in [4.69, 9.17) is 0 Å². The first-order valence-corrected chi connectivity index (χ1v) is 10.0. The predicted molar refractivity (Wildman–Crippen MR) is 107 cm³/mol. The van der Waals surface area contributed by atoms with Gasteiger partial charge in [0, 0.05) is 32.6 Å². The lowest BCUT2D eigenvalue weighted by atomic mass is 10.1. The van der Waals surface area contributed by atoms with E-state index in [1.807, 2.05) is 6.07 Å². The lowest BCUT2D eigenvalue weighted by Crippen LogP contribution is -2.36. The summed E-state index contributed by atoms with van der Waals surface area (Å²) >= 11 is 0. The van der Waals surface area contributed by atoms with Crippen molar-refractivity contribution >= 4 is 38.9 Å². The number of amides is 2. The van der Waals surface area contributed by atoms with Crippen LogP contribution in [0.2, 0.25) is 0 Å². The van der Waals surface area contributed by atoms with Crippen molar-refractivity contribution in [2.24, 2.45) is 5.10 Å². The Hall–Kier alpha value is -3.04. The Bertz CT molecular complexity index is 1030. The molecule has 28 heavy (non-hydrogen) atoms. The van der Waals surface area contributed by atoms with E-state index >= 15 is 0 Å². The van der Waals surface area contributed by atoms with Crippen molar-refractivity contribution in [3.8, 4) is 0 Å². The molecule has 0 spiro atoms. The topological polar surface area (TPSA) is 99.2 Å². The predicted octanol–water partition coefficient (Wildman–Crippen LogP) is 2.06. The summed E-state index contributed by atoms with van der Waals surface area (Å²) in [7, 11) is -0.739. The Balaban J connectivity index is 1.82. The van der Waals surface area contributed by atoms with Gasteiger partial charge in [0.05, 0.1) is 10.6 Å². The monoisotopic (exact) mass is 400 g/mol. The molecule has 8 nitrogen and oxygen atoms in total. The van der Waals surface area contributed by atoms with E-state index in [0.717, 1.165) is 4.31 Å². The Morgan fingerprint density at radius 2 is 1.79 bits per heavy atom. The van der Waals surface area contributed by atoms with Gasteiger partial charge < -0.3 is 5.32 Å². The minimum Gasteiger partial charge on any atom is -0.321 e. The molecule has 2 aromatic rings. The zero-order chi connectivity index (χ0) is 20.3. The number of nitrogens with one attached hydrogen (secondary N) is 1. The summed E-state index contributed by atoms with van der Waals surface area (Å²) < 4.78 is 25.6. The Morgan fingerprint density at radius 3 is 2.46 bits per heavy atom. The standard InChI is InChI=1S/C19H20N4O4S/c1-22(2)28(26,27)16-10-6-7-14(13-16)20-19(25)17-11-12-18(24)23(21-17)15-8-4-3-5-9-15/h3-10,13H,11-12H2,1-2H3,(H,20,25). The summed E-state index contributed by atoms with van der Waals surface area (Å²) in [5, 5.41) is 8.06. The average molecular weight is 400 g/mol. The van der Waals surface area contributed by atoms with Crippen LogP contribution < -0.4 is 10.3 Å². The number of anilines is 2. The number of carbonyl (C=O) groups excluding carboxylic acids is 2. The van der Waals surface area contributed by atoms with Gasteiger partial charge in [0.1, 0.15) is 5.71 Å². The van der Waals surface area contributed by atoms with Crippen LogP contribution in [0, 0.1) is 0 Å². The highest BCUT2D eigenvalue weighted by Crippen LogP contribution is 2.21. The normalized spacial score (nSPS) is 14.8. The minimum atomic E-state index is -3.61. The van der Waals surface area contributed by atoms with Crippen LogP contribution in [0.4, 0.5) is 11.4 Å². The molecule has 0 aliphatic carbocycles. The van der Waals surface area contributed by atoms with Gasteiger partial charge in [-0.2, -0.15) is 5.10 Å². The fourth-order valence-corrected chi connectivity index (χ4v) is 3.58. The molecule has 2 aromatic carbocycles. The van der Waals surface area contributed by atoms with Gasteiger partial charge in [0.25, 0.3) is 5.91 Å². The number of hydrazone groups is 1. The highest BCUT2D eigenvalue weighted by Gasteiger charge is 2.26. The maximum Gasteiger partial charge on any atom is 0.271 e. The molecule has 0 unspecified atom stereocenters. The molecular weight excluding hydrogens is 380 g/mol. The highest BCUT2D eigenvalue weighted by atomic mass is 32.2. The first-order valence-electron chi connectivity index (χ1n) is 8.58. The van der Waals surface area contributed by atoms with Crippen LogP contribution in [0.25, 0.3) is 0 Å². The molecule has 1 aliphatic heterocycles. The molecule has 9 heteroatoms. The van der Waals surface area contributed by atoms with E-state index in [0.29, 0.717) is 11.4 Å². The van der Waals surface area contributed by atoms with Gasteiger partial charge in [-0.3, -0.25) is 9.59 Å². The minimum absolute atomic E-state index is 0.0713. The lowest BCUT2D eigenvalue weighted by Gasteiger charge is -2.23.